The standard InChI is InChI=1S/C14H15Cl2NO4/c15-10-3-1-8(5-11(10)16)6-13(18)17-7-9-2-4-12(21-9)14(19)20/h1,3,5,9,12H,2,4,6-7H2,(H,17,18)(H,19,20). The first-order valence-corrected chi connectivity index (χ1v) is 7.30. The zero-order chi connectivity index (χ0) is 15.4. The van der Waals surface area contributed by atoms with E-state index in [1.54, 1.807) is 18.2 Å². The molecule has 1 aromatic carbocycles. The minimum atomic E-state index is -0.959. The van der Waals surface area contributed by atoms with E-state index in [0.717, 1.165) is 5.56 Å². The van der Waals surface area contributed by atoms with Gasteiger partial charge in [0.05, 0.1) is 22.6 Å². The molecule has 114 valence electrons. The van der Waals surface area contributed by atoms with Crippen LogP contribution in [0.3, 0.4) is 0 Å². The van der Waals surface area contributed by atoms with Gasteiger partial charge in [-0.2, -0.15) is 0 Å². The SMILES string of the molecule is O=C(Cc1ccc(Cl)c(Cl)c1)NCC1CCC(C(=O)O)O1. The van der Waals surface area contributed by atoms with Crippen molar-refractivity contribution < 1.29 is 19.4 Å². The summed E-state index contributed by atoms with van der Waals surface area (Å²) in [4.78, 5) is 22.6. The van der Waals surface area contributed by atoms with Crippen LogP contribution in [0.1, 0.15) is 18.4 Å². The normalized spacial score (nSPS) is 21.2. The number of nitrogens with one attached hydrogen (secondary N) is 1. The first-order valence-electron chi connectivity index (χ1n) is 6.54. The van der Waals surface area contributed by atoms with Crippen molar-refractivity contribution in [1.29, 1.82) is 0 Å². The van der Waals surface area contributed by atoms with Crippen LogP contribution in [0.5, 0.6) is 0 Å². The summed E-state index contributed by atoms with van der Waals surface area (Å²) in [6, 6.07) is 5.03. The van der Waals surface area contributed by atoms with Crippen molar-refractivity contribution in [1.82, 2.24) is 5.32 Å². The van der Waals surface area contributed by atoms with Crippen molar-refractivity contribution >= 4 is 35.1 Å². The highest BCUT2D eigenvalue weighted by atomic mass is 35.5. The monoisotopic (exact) mass is 331 g/mol. The molecule has 1 fully saturated rings. The van der Waals surface area contributed by atoms with Crippen molar-refractivity contribution in [3.05, 3.63) is 33.8 Å². The predicted molar refractivity (Wildman–Crippen MR) is 78.7 cm³/mol. The third-order valence-corrected chi connectivity index (χ3v) is 4.00. The highest BCUT2D eigenvalue weighted by Crippen LogP contribution is 2.23. The molecule has 2 rings (SSSR count). The van der Waals surface area contributed by atoms with Crippen LogP contribution in [0.25, 0.3) is 0 Å². The molecule has 21 heavy (non-hydrogen) atoms. The Hall–Kier alpha value is -1.30. The maximum absolute atomic E-state index is 11.8. The van der Waals surface area contributed by atoms with Crippen LogP contribution in [0, 0.1) is 0 Å². The van der Waals surface area contributed by atoms with Crippen LogP contribution >= 0.6 is 23.2 Å². The summed E-state index contributed by atoms with van der Waals surface area (Å²) in [6.07, 6.45) is 0.282. The molecule has 1 saturated heterocycles. The van der Waals surface area contributed by atoms with Gasteiger partial charge in [0.1, 0.15) is 0 Å². The van der Waals surface area contributed by atoms with Gasteiger partial charge in [-0.25, -0.2) is 4.79 Å². The lowest BCUT2D eigenvalue weighted by Crippen LogP contribution is -2.34. The van der Waals surface area contributed by atoms with E-state index in [9.17, 15) is 9.59 Å². The maximum Gasteiger partial charge on any atom is 0.332 e. The molecule has 1 aliphatic rings. The average Bonchev–Trinajstić information content (AvgIpc) is 2.90. The first kappa shape index (κ1) is 16.1. The predicted octanol–water partition coefficient (Wildman–Crippen LogP) is 2.28. The van der Waals surface area contributed by atoms with Crippen molar-refractivity contribution in [2.45, 2.75) is 31.5 Å². The molecule has 2 atom stereocenters. The first-order chi connectivity index (χ1) is 9.95. The van der Waals surface area contributed by atoms with Gasteiger partial charge in [-0.15, -0.1) is 0 Å². The number of carbonyl (C=O) groups excluding carboxylic acids is 1. The Labute approximate surface area is 132 Å². The number of carboxylic acids is 1. The summed E-state index contributed by atoms with van der Waals surface area (Å²) in [6.45, 7) is 0.309. The van der Waals surface area contributed by atoms with E-state index in [0.29, 0.717) is 29.4 Å². The Morgan fingerprint density at radius 2 is 2.05 bits per heavy atom. The van der Waals surface area contributed by atoms with Gasteiger partial charge in [0.2, 0.25) is 5.91 Å². The highest BCUT2D eigenvalue weighted by Gasteiger charge is 2.30. The zero-order valence-corrected chi connectivity index (χ0v) is 12.7. The van der Waals surface area contributed by atoms with Crippen molar-refractivity contribution in [3.8, 4) is 0 Å². The smallest absolute Gasteiger partial charge is 0.332 e. The quantitative estimate of drug-likeness (QED) is 0.867. The molecule has 1 aliphatic heterocycles. The number of benzene rings is 1. The summed E-state index contributed by atoms with van der Waals surface area (Å²) in [5.41, 5.74) is 0.762. The Balaban J connectivity index is 1.77. The summed E-state index contributed by atoms with van der Waals surface area (Å²) in [5.74, 6) is -1.13. The van der Waals surface area contributed by atoms with Gasteiger partial charge in [-0.1, -0.05) is 29.3 Å². The molecule has 1 amide bonds. The number of rotatable bonds is 5. The fourth-order valence-corrected chi connectivity index (χ4v) is 2.48. The minimum Gasteiger partial charge on any atom is -0.479 e. The molecular formula is C14H15Cl2NO4. The van der Waals surface area contributed by atoms with Gasteiger partial charge in [0.25, 0.3) is 0 Å². The average molecular weight is 332 g/mol. The van der Waals surface area contributed by atoms with Crippen molar-refractivity contribution in [2.75, 3.05) is 6.54 Å². The molecule has 7 heteroatoms. The molecule has 0 bridgehead atoms. The van der Waals surface area contributed by atoms with Crippen molar-refractivity contribution in [2.24, 2.45) is 0 Å². The van der Waals surface area contributed by atoms with Gasteiger partial charge in [0.15, 0.2) is 6.10 Å². The number of halogens is 2. The van der Waals surface area contributed by atoms with E-state index in [4.69, 9.17) is 33.0 Å². The number of carboxylic acid groups (broad SMARTS) is 1. The fraction of sp³-hybridized carbons (Fsp3) is 0.429. The summed E-state index contributed by atoms with van der Waals surface area (Å²) < 4.78 is 5.31. The van der Waals surface area contributed by atoms with Gasteiger partial charge in [-0.3, -0.25) is 4.79 Å². The molecule has 0 aliphatic carbocycles. The van der Waals surface area contributed by atoms with Gasteiger partial charge in [0, 0.05) is 6.54 Å². The van der Waals surface area contributed by atoms with Crippen LogP contribution in [0.4, 0.5) is 0 Å². The zero-order valence-electron chi connectivity index (χ0n) is 11.1. The molecule has 0 aromatic heterocycles. The van der Waals surface area contributed by atoms with E-state index in [2.05, 4.69) is 5.32 Å². The third kappa shape index (κ3) is 4.59. The Morgan fingerprint density at radius 3 is 2.67 bits per heavy atom. The van der Waals surface area contributed by atoms with E-state index >= 15 is 0 Å². The number of carbonyl (C=O) groups is 2. The lowest BCUT2D eigenvalue weighted by molar-refractivity contribution is -0.149. The molecule has 0 radical (unpaired) electrons. The molecule has 1 aromatic rings. The number of aliphatic carboxylic acids is 1. The Kier molecular flexibility index (Phi) is 5.45. The van der Waals surface area contributed by atoms with Gasteiger partial charge >= 0.3 is 5.97 Å². The van der Waals surface area contributed by atoms with E-state index in [1.807, 2.05) is 0 Å². The second-order valence-corrected chi connectivity index (χ2v) is 5.71. The topological polar surface area (TPSA) is 75.6 Å². The number of amides is 1. The Morgan fingerprint density at radius 1 is 1.29 bits per heavy atom. The molecule has 2 unspecified atom stereocenters. The van der Waals surface area contributed by atoms with Gasteiger partial charge < -0.3 is 15.2 Å². The fourth-order valence-electron chi connectivity index (χ4n) is 2.16. The van der Waals surface area contributed by atoms with Gasteiger partial charge in [-0.05, 0) is 30.5 Å². The van der Waals surface area contributed by atoms with Crippen molar-refractivity contribution in [3.63, 3.8) is 0 Å². The van der Waals surface area contributed by atoms with Crippen LogP contribution in [0.2, 0.25) is 10.0 Å². The van der Waals surface area contributed by atoms with Crippen LogP contribution in [-0.4, -0.2) is 35.7 Å². The molecule has 0 spiro atoms. The number of hydrogen-bond donors (Lipinski definition) is 2. The molecular weight excluding hydrogens is 317 g/mol. The van der Waals surface area contributed by atoms with Crippen LogP contribution in [0.15, 0.2) is 18.2 Å². The molecule has 0 saturated carbocycles. The number of ether oxygens (including phenoxy) is 1. The lowest BCUT2D eigenvalue weighted by atomic mass is 10.1. The third-order valence-electron chi connectivity index (χ3n) is 3.26. The molecule has 1 heterocycles. The maximum atomic E-state index is 11.8. The molecule has 2 N–H and O–H groups in total. The largest absolute Gasteiger partial charge is 0.479 e. The summed E-state index contributed by atoms with van der Waals surface area (Å²) in [5, 5.41) is 12.4. The Bertz CT molecular complexity index is 550. The second kappa shape index (κ2) is 7.11. The summed E-state index contributed by atoms with van der Waals surface area (Å²) >= 11 is 11.7. The number of hydrogen-bond acceptors (Lipinski definition) is 3. The van der Waals surface area contributed by atoms with Crippen LogP contribution < -0.4 is 5.32 Å². The minimum absolute atomic E-state index is 0.171. The van der Waals surface area contributed by atoms with E-state index in [-0.39, 0.29) is 18.4 Å². The van der Waals surface area contributed by atoms with E-state index in [1.165, 1.54) is 0 Å². The van der Waals surface area contributed by atoms with E-state index < -0.39 is 12.1 Å². The van der Waals surface area contributed by atoms with Crippen LogP contribution in [-0.2, 0) is 20.7 Å². The summed E-state index contributed by atoms with van der Waals surface area (Å²) in [7, 11) is 0. The molecule has 5 nitrogen and oxygen atoms in total. The lowest BCUT2D eigenvalue weighted by Gasteiger charge is -2.12. The second-order valence-electron chi connectivity index (χ2n) is 4.89. The highest BCUT2D eigenvalue weighted by molar-refractivity contribution is 6.42.